The van der Waals surface area contributed by atoms with Crippen molar-refractivity contribution < 1.29 is 40.6 Å². The fraction of sp³-hybridized carbons (Fsp3) is 1.00. The van der Waals surface area contributed by atoms with Crippen LogP contribution in [0.1, 0.15) is 0 Å². The Kier molecular flexibility index (Phi) is 3.15. The zero-order chi connectivity index (χ0) is 10.9. The third kappa shape index (κ3) is 3.35. The molecule has 0 amide bonds. The summed E-state index contributed by atoms with van der Waals surface area (Å²) in [5.41, 5.74) is 0. The average Bonchev–Trinajstić information content (AvgIpc) is 1.83. The summed E-state index contributed by atoms with van der Waals surface area (Å²) in [6.07, 6.45) is -17.2. The van der Waals surface area contributed by atoms with Crippen LogP contribution < -0.4 is 0 Å². The van der Waals surface area contributed by atoms with Crippen molar-refractivity contribution in [3.05, 3.63) is 0 Å². The van der Waals surface area contributed by atoms with E-state index in [0.29, 0.717) is 0 Å². The van der Waals surface area contributed by atoms with E-state index in [4.69, 9.17) is 5.11 Å². The average molecular weight is 216 g/mol. The summed E-state index contributed by atoms with van der Waals surface area (Å²) in [5, 5.41) is 7.65. The molecule has 0 aliphatic rings. The Morgan fingerprint density at radius 2 is 1.31 bits per heavy atom. The van der Waals surface area contributed by atoms with Crippen LogP contribution in [0, 0.1) is 0 Å². The number of aliphatic hydroxyl groups excluding tert-OH is 1. The largest absolute Gasteiger partial charge is 0.483 e. The molecule has 0 rings (SSSR count). The Morgan fingerprint density at radius 1 is 0.923 bits per heavy atom. The number of hydrogen-bond acceptors (Lipinski definition) is 2. The SMILES string of the molecule is OCC(F)(F)OC(F)(F)C(F)(F)F. The quantitative estimate of drug-likeness (QED) is 0.728. The predicted octanol–water partition coefficient (Wildman–Crippen LogP) is 1.74. The van der Waals surface area contributed by atoms with Crippen LogP contribution in [0.15, 0.2) is 0 Å². The first-order chi connectivity index (χ1) is 5.52. The maximum Gasteiger partial charge on any atom is 0.483 e. The van der Waals surface area contributed by atoms with Crippen LogP contribution in [0.2, 0.25) is 0 Å². The van der Waals surface area contributed by atoms with Gasteiger partial charge < -0.3 is 5.11 Å². The summed E-state index contributed by atoms with van der Waals surface area (Å²) in [6.45, 7) is -2.27. The van der Waals surface area contributed by atoms with Crippen molar-refractivity contribution in [1.82, 2.24) is 0 Å². The van der Waals surface area contributed by atoms with Crippen molar-refractivity contribution in [3.63, 3.8) is 0 Å². The van der Waals surface area contributed by atoms with E-state index in [1.54, 1.807) is 0 Å². The summed E-state index contributed by atoms with van der Waals surface area (Å²) in [5.74, 6) is 0. The lowest BCUT2D eigenvalue weighted by Gasteiger charge is -2.23. The highest BCUT2D eigenvalue weighted by molar-refractivity contribution is 4.67. The van der Waals surface area contributed by atoms with Crippen LogP contribution in [0.4, 0.5) is 30.7 Å². The van der Waals surface area contributed by atoms with Gasteiger partial charge in [0.25, 0.3) is 0 Å². The molecule has 13 heavy (non-hydrogen) atoms. The molecular weight excluding hydrogens is 213 g/mol. The highest BCUT2D eigenvalue weighted by Gasteiger charge is 2.63. The highest BCUT2D eigenvalue weighted by atomic mass is 19.4. The van der Waals surface area contributed by atoms with Gasteiger partial charge >= 0.3 is 18.4 Å². The number of aliphatic hydroxyl groups is 1. The first kappa shape index (κ1) is 12.4. The molecule has 0 aliphatic heterocycles. The van der Waals surface area contributed by atoms with E-state index in [1.807, 2.05) is 0 Å². The minimum Gasteiger partial charge on any atom is -0.387 e. The number of rotatable bonds is 3. The van der Waals surface area contributed by atoms with Gasteiger partial charge in [-0.1, -0.05) is 0 Å². The molecule has 0 aliphatic carbocycles. The van der Waals surface area contributed by atoms with E-state index in [-0.39, 0.29) is 0 Å². The van der Waals surface area contributed by atoms with Gasteiger partial charge in [0.1, 0.15) is 6.61 Å². The van der Waals surface area contributed by atoms with Gasteiger partial charge in [-0.15, -0.1) is 0 Å². The molecule has 0 saturated carbocycles. The maximum absolute atomic E-state index is 11.7. The van der Waals surface area contributed by atoms with Crippen LogP contribution in [-0.4, -0.2) is 30.1 Å². The van der Waals surface area contributed by atoms with Crippen molar-refractivity contribution in [2.24, 2.45) is 0 Å². The molecule has 9 heteroatoms. The van der Waals surface area contributed by atoms with Crippen molar-refractivity contribution in [2.75, 3.05) is 6.61 Å². The number of hydrogen-bond donors (Lipinski definition) is 1. The van der Waals surface area contributed by atoms with Gasteiger partial charge in [-0.2, -0.15) is 30.7 Å². The molecule has 0 radical (unpaired) electrons. The Morgan fingerprint density at radius 3 is 1.54 bits per heavy atom. The molecule has 0 heterocycles. The van der Waals surface area contributed by atoms with Crippen molar-refractivity contribution in [3.8, 4) is 0 Å². The lowest BCUT2D eigenvalue weighted by Crippen LogP contribution is -2.45. The van der Waals surface area contributed by atoms with Crippen molar-refractivity contribution in [1.29, 1.82) is 0 Å². The molecule has 0 aromatic heterocycles. The van der Waals surface area contributed by atoms with E-state index < -0.39 is 25.0 Å². The van der Waals surface area contributed by atoms with Gasteiger partial charge in [0.05, 0.1) is 0 Å². The molecule has 0 atom stereocenters. The molecule has 0 fully saturated rings. The fourth-order valence-corrected chi connectivity index (χ4v) is 0.278. The molecule has 80 valence electrons. The molecule has 0 aromatic rings. The van der Waals surface area contributed by atoms with Gasteiger partial charge in [-0.05, 0) is 0 Å². The lowest BCUT2D eigenvalue weighted by atomic mass is 10.6. The topological polar surface area (TPSA) is 29.5 Å². The number of halogens is 7. The van der Waals surface area contributed by atoms with Crippen LogP contribution >= 0.6 is 0 Å². The molecule has 0 spiro atoms. The molecule has 1 N–H and O–H groups in total. The van der Waals surface area contributed by atoms with Crippen LogP contribution in [-0.2, 0) is 4.74 Å². The molecule has 0 unspecified atom stereocenters. The molecule has 0 bridgehead atoms. The monoisotopic (exact) mass is 216 g/mol. The standard InChI is InChI=1S/C4H3F7O2/c5-2(6,1-12)13-4(10,11)3(7,8)9/h12H,1H2. The van der Waals surface area contributed by atoms with Gasteiger partial charge in [0.15, 0.2) is 0 Å². The minimum absolute atomic E-state index is 2.10. The third-order valence-corrected chi connectivity index (χ3v) is 0.792. The van der Waals surface area contributed by atoms with Gasteiger partial charge in [0, 0.05) is 0 Å². The molecule has 2 nitrogen and oxygen atoms in total. The lowest BCUT2D eigenvalue weighted by molar-refractivity contribution is -0.459. The normalized spacial score (nSPS) is 14.8. The van der Waals surface area contributed by atoms with Crippen LogP contribution in [0.25, 0.3) is 0 Å². The Labute approximate surface area is 66.9 Å². The fourth-order valence-electron chi connectivity index (χ4n) is 0.278. The first-order valence-electron chi connectivity index (χ1n) is 2.65. The van der Waals surface area contributed by atoms with Gasteiger partial charge in [0.2, 0.25) is 0 Å². The molecule has 0 aromatic carbocycles. The van der Waals surface area contributed by atoms with E-state index in [9.17, 15) is 30.7 Å². The second kappa shape index (κ2) is 3.29. The van der Waals surface area contributed by atoms with Gasteiger partial charge in [-0.25, -0.2) is 4.74 Å². The first-order valence-corrected chi connectivity index (χ1v) is 2.65. The summed E-state index contributed by atoms with van der Waals surface area (Å²) in [4.78, 5) is 0. The van der Waals surface area contributed by atoms with Gasteiger partial charge in [-0.3, -0.25) is 0 Å². The van der Waals surface area contributed by atoms with E-state index in [0.717, 1.165) is 0 Å². The van der Waals surface area contributed by atoms with Crippen molar-refractivity contribution >= 4 is 0 Å². The van der Waals surface area contributed by atoms with Crippen molar-refractivity contribution in [2.45, 2.75) is 18.4 Å². The predicted molar refractivity (Wildman–Crippen MR) is 24.1 cm³/mol. The minimum atomic E-state index is -6.24. The second-order valence-electron chi connectivity index (χ2n) is 1.91. The van der Waals surface area contributed by atoms with E-state index in [1.165, 1.54) is 0 Å². The molecular formula is C4H3F7O2. The molecule has 0 saturated heterocycles. The summed E-state index contributed by atoms with van der Waals surface area (Å²) in [7, 11) is 0. The maximum atomic E-state index is 11.7. The number of ether oxygens (including phenoxy) is 1. The van der Waals surface area contributed by atoms with Crippen LogP contribution in [0.3, 0.4) is 0 Å². The third-order valence-electron chi connectivity index (χ3n) is 0.792. The zero-order valence-electron chi connectivity index (χ0n) is 5.71. The Bertz CT molecular complexity index is 174. The van der Waals surface area contributed by atoms with E-state index >= 15 is 0 Å². The zero-order valence-corrected chi connectivity index (χ0v) is 5.71. The summed E-state index contributed by atoms with van der Waals surface area (Å²) >= 11 is 0. The smallest absolute Gasteiger partial charge is 0.387 e. The van der Waals surface area contributed by atoms with Crippen LogP contribution in [0.5, 0.6) is 0 Å². The highest BCUT2D eigenvalue weighted by Crippen LogP contribution is 2.39. The Balaban J connectivity index is 4.52. The summed E-state index contributed by atoms with van der Waals surface area (Å²) in [6, 6.07) is 0. The second-order valence-corrected chi connectivity index (χ2v) is 1.91. The summed E-state index contributed by atoms with van der Waals surface area (Å²) < 4.78 is 82.5. The number of alkyl halides is 7. The van der Waals surface area contributed by atoms with E-state index in [2.05, 4.69) is 4.74 Å². The Hall–Kier alpha value is -0.570.